The minimum absolute atomic E-state index is 0.581. The lowest BCUT2D eigenvalue weighted by molar-refractivity contribution is -0.147. The van der Waals surface area contributed by atoms with Gasteiger partial charge in [0.25, 0.3) is 5.78 Å². The van der Waals surface area contributed by atoms with Crippen molar-refractivity contribution in [3.05, 3.63) is 35.4 Å². The Labute approximate surface area is 93.3 Å². The van der Waals surface area contributed by atoms with Gasteiger partial charge in [0.15, 0.2) is 6.10 Å². The predicted octanol–water partition coefficient (Wildman–Crippen LogP) is 1.55. The third-order valence-electron chi connectivity index (χ3n) is 1.99. The molecule has 0 aliphatic rings. The van der Waals surface area contributed by atoms with Crippen molar-refractivity contribution in [1.29, 1.82) is 0 Å². The second-order valence-corrected chi connectivity index (χ2v) is 3.15. The number of Topliss-reactive ketones (excluding diaryl/α,β-unsaturated/α-hetero) is 1. The lowest BCUT2D eigenvalue weighted by Gasteiger charge is -2.12. The average Bonchev–Trinajstić information content (AvgIpc) is 2.25. The van der Waals surface area contributed by atoms with Crippen LogP contribution in [0.4, 0.5) is 13.2 Å². The summed E-state index contributed by atoms with van der Waals surface area (Å²) in [4.78, 5) is 21.5. The Bertz CT molecular complexity index is 453. The summed E-state index contributed by atoms with van der Waals surface area (Å²) in [7, 11) is 0. The number of hydrogen-bond donors (Lipinski definition) is 2. The summed E-state index contributed by atoms with van der Waals surface area (Å²) in [6.45, 7) is 0. The molecule has 1 unspecified atom stereocenters. The van der Waals surface area contributed by atoms with Gasteiger partial charge in [-0.25, -0.2) is 4.79 Å². The Kier molecular flexibility index (Phi) is 3.52. The lowest BCUT2D eigenvalue weighted by atomic mass is 9.99. The number of carbonyl (C=O) groups excluding carboxylic acids is 1. The monoisotopic (exact) mass is 248 g/mol. The van der Waals surface area contributed by atoms with E-state index < -0.39 is 35.2 Å². The number of aliphatic hydroxyl groups is 1. The summed E-state index contributed by atoms with van der Waals surface area (Å²) in [5, 5.41) is 17.7. The van der Waals surface area contributed by atoms with Gasteiger partial charge in [-0.15, -0.1) is 0 Å². The summed E-state index contributed by atoms with van der Waals surface area (Å²) < 4.78 is 36.6. The summed E-state index contributed by atoms with van der Waals surface area (Å²) in [6.07, 6.45) is -7.29. The first kappa shape index (κ1) is 13.2. The SMILES string of the molecule is O=C(O)C(O)c1ccccc1C(=O)C(F)(F)F. The highest BCUT2D eigenvalue weighted by Crippen LogP contribution is 2.26. The molecule has 1 aromatic rings. The Morgan fingerprint density at radius 1 is 1.18 bits per heavy atom. The molecular weight excluding hydrogens is 241 g/mol. The topological polar surface area (TPSA) is 74.6 Å². The number of aliphatic carboxylic acids is 1. The van der Waals surface area contributed by atoms with E-state index >= 15 is 0 Å². The first-order chi connectivity index (χ1) is 7.75. The molecule has 0 fully saturated rings. The zero-order valence-electron chi connectivity index (χ0n) is 8.23. The van der Waals surface area contributed by atoms with E-state index in [0.29, 0.717) is 0 Å². The molecule has 17 heavy (non-hydrogen) atoms. The highest BCUT2D eigenvalue weighted by atomic mass is 19.4. The molecule has 4 nitrogen and oxygen atoms in total. The van der Waals surface area contributed by atoms with Crippen LogP contribution in [0.25, 0.3) is 0 Å². The minimum atomic E-state index is -5.12. The fourth-order valence-electron chi connectivity index (χ4n) is 1.23. The summed E-state index contributed by atoms with van der Waals surface area (Å²) >= 11 is 0. The van der Waals surface area contributed by atoms with Gasteiger partial charge >= 0.3 is 12.1 Å². The molecule has 0 heterocycles. The van der Waals surface area contributed by atoms with Gasteiger partial charge in [0.05, 0.1) is 0 Å². The molecule has 0 amide bonds. The van der Waals surface area contributed by atoms with E-state index in [4.69, 9.17) is 5.11 Å². The molecular formula is C10H7F3O4. The van der Waals surface area contributed by atoms with Crippen molar-refractivity contribution in [2.75, 3.05) is 0 Å². The number of benzene rings is 1. The maximum atomic E-state index is 12.2. The molecule has 0 spiro atoms. The Balaban J connectivity index is 3.26. The number of hydrogen-bond acceptors (Lipinski definition) is 3. The van der Waals surface area contributed by atoms with Crippen LogP contribution < -0.4 is 0 Å². The highest BCUT2D eigenvalue weighted by Gasteiger charge is 2.41. The molecule has 7 heteroatoms. The van der Waals surface area contributed by atoms with Crippen molar-refractivity contribution in [2.24, 2.45) is 0 Å². The van der Waals surface area contributed by atoms with E-state index in [0.717, 1.165) is 18.2 Å². The second-order valence-electron chi connectivity index (χ2n) is 3.15. The van der Waals surface area contributed by atoms with Crippen LogP contribution in [0.5, 0.6) is 0 Å². The third kappa shape index (κ3) is 2.82. The third-order valence-corrected chi connectivity index (χ3v) is 1.99. The van der Waals surface area contributed by atoms with Gasteiger partial charge < -0.3 is 10.2 Å². The quantitative estimate of drug-likeness (QED) is 0.796. The van der Waals surface area contributed by atoms with E-state index in [-0.39, 0.29) is 0 Å². The first-order valence-corrected chi connectivity index (χ1v) is 4.36. The van der Waals surface area contributed by atoms with Crippen molar-refractivity contribution in [3.8, 4) is 0 Å². The molecule has 92 valence electrons. The van der Waals surface area contributed by atoms with Crippen LogP contribution in [0.2, 0.25) is 0 Å². The predicted molar refractivity (Wildman–Crippen MR) is 49.4 cm³/mol. The van der Waals surface area contributed by atoms with E-state index in [9.17, 15) is 27.9 Å². The molecule has 1 aromatic carbocycles. The van der Waals surface area contributed by atoms with Crippen LogP contribution in [0.15, 0.2) is 24.3 Å². The van der Waals surface area contributed by atoms with Crippen LogP contribution in [-0.2, 0) is 4.79 Å². The van der Waals surface area contributed by atoms with Crippen molar-refractivity contribution in [1.82, 2.24) is 0 Å². The van der Waals surface area contributed by atoms with Crippen LogP contribution in [0.3, 0.4) is 0 Å². The normalized spacial score (nSPS) is 13.2. The number of carboxylic acids is 1. The standard InChI is InChI=1S/C10H7F3O4/c11-10(12,13)8(15)6-4-2-1-3-5(6)7(14)9(16)17/h1-4,7,14H,(H,16,17). The molecule has 0 aromatic heterocycles. The Morgan fingerprint density at radius 3 is 2.18 bits per heavy atom. The lowest BCUT2D eigenvalue weighted by Crippen LogP contribution is -2.25. The van der Waals surface area contributed by atoms with Crippen LogP contribution >= 0.6 is 0 Å². The fourth-order valence-corrected chi connectivity index (χ4v) is 1.23. The number of aliphatic hydroxyl groups excluding tert-OH is 1. The number of carbonyl (C=O) groups is 2. The zero-order chi connectivity index (χ0) is 13.2. The average molecular weight is 248 g/mol. The maximum absolute atomic E-state index is 12.2. The maximum Gasteiger partial charge on any atom is 0.454 e. The van der Waals surface area contributed by atoms with Crippen molar-refractivity contribution in [2.45, 2.75) is 12.3 Å². The molecule has 0 saturated heterocycles. The van der Waals surface area contributed by atoms with Crippen LogP contribution in [-0.4, -0.2) is 28.1 Å². The first-order valence-electron chi connectivity index (χ1n) is 4.36. The fraction of sp³-hybridized carbons (Fsp3) is 0.200. The smallest absolute Gasteiger partial charge is 0.454 e. The van der Waals surface area contributed by atoms with Gasteiger partial charge in [-0.3, -0.25) is 4.79 Å². The molecule has 0 aliphatic carbocycles. The molecule has 0 radical (unpaired) electrons. The molecule has 0 aliphatic heterocycles. The van der Waals surface area contributed by atoms with Gasteiger partial charge in [-0.1, -0.05) is 24.3 Å². The zero-order valence-corrected chi connectivity index (χ0v) is 8.23. The number of alkyl halides is 3. The van der Waals surface area contributed by atoms with Crippen molar-refractivity contribution in [3.63, 3.8) is 0 Å². The summed E-state index contributed by atoms with van der Waals surface area (Å²) in [5.41, 5.74) is -1.45. The molecule has 0 bridgehead atoms. The van der Waals surface area contributed by atoms with Crippen LogP contribution in [0, 0.1) is 0 Å². The van der Waals surface area contributed by atoms with Gasteiger partial charge in [0.1, 0.15) is 0 Å². The molecule has 2 N–H and O–H groups in total. The van der Waals surface area contributed by atoms with Crippen molar-refractivity contribution >= 4 is 11.8 Å². The van der Waals surface area contributed by atoms with E-state index in [2.05, 4.69) is 0 Å². The van der Waals surface area contributed by atoms with E-state index in [1.54, 1.807) is 0 Å². The van der Waals surface area contributed by atoms with Crippen LogP contribution in [0.1, 0.15) is 22.0 Å². The number of rotatable bonds is 3. The van der Waals surface area contributed by atoms with Crippen molar-refractivity contribution < 1.29 is 33.0 Å². The van der Waals surface area contributed by atoms with Gasteiger partial charge in [-0.05, 0) is 0 Å². The summed E-state index contributed by atoms with van der Waals surface area (Å²) in [5.74, 6) is -3.92. The Morgan fingerprint density at radius 2 is 1.71 bits per heavy atom. The molecule has 1 rings (SSSR count). The van der Waals surface area contributed by atoms with E-state index in [1.807, 2.05) is 0 Å². The van der Waals surface area contributed by atoms with E-state index in [1.165, 1.54) is 6.07 Å². The summed E-state index contributed by atoms with van der Waals surface area (Å²) in [6, 6.07) is 4.15. The van der Waals surface area contributed by atoms with Gasteiger partial charge in [0.2, 0.25) is 0 Å². The Hall–Kier alpha value is -1.89. The molecule has 0 saturated carbocycles. The van der Waals surface area contributed by atoms with Gasteiger partial charge in [0, 0.05) is 11.1 Å². The molecule has 1 atom stereocenters. The second kappa shape index (κ2) is 4.54. The minimum Gasteiger partial charge on any atom is -0.479 e. The largest absolute Gasteiger partial charge is 0.479 e. The highest BCUT2D eigenvalue weighted by molar-refractivity contribution is 6.02. The number of ketones is 1. The number of halogens is 3. The van der Waals surface area contributed by atoms with Gasteiger partial charge in [-0.2, -0.15) is 13.2 Å². The number of carboxylic acid groups (broad SMARTS) is 1.